The van der Waals surface area contributed by atoms with Crippen molar-refractivity contribution in [1.29, 1.82) is 0 Å². The highest BCUT2D eigenvalue weighted by Gasteiger charge is 1.96. The van der Waals surface area contributed by atoms with Gasteiger partial charge in [-0.15, -0.1) is 0 Å². The molecular weight excluding hydrogens is 178 g/mol. The van der Waals surface area contributed by atoms with Gasteiger partial charge in [0.05, 0.1) is 0 Å². The van der Waals surface area contributed by atoms with E-state index in [4.69, 9.17) is 0 Å². The van der Waals surface area contributed by atoms with E-state index in [9.17, 15) is 0 Å². The van der Waals surface area contributed by atoms with Gasteiger partial charge in [-0.2, -0.15) is 0 Å². The molecule has 0 atom stereocenters. The van der Waals surface area contributed by atoms with Gasteiger partial charge in [-0.1, -0.05) is 25.1 Å². The minimum Gasteiger partial charge on any atom is -0.224 e. The SMILES string of the molecule is C.CC=NSc1ccc(C)cc1C. The number of aryl methyl sites for hydroxylation is 2. The van der Waals surface area contributed by atoms with E-state index in [1.54, 1.807) is 0 Å². The van der Waals surface area contributed by atoms with Crippen molar-refractivity contribution in [2.75, 3.05) is 0 Å². The van der Waals surface area contributed by atoms with E-state index in [0.29, 0.717) is 0 Å². The van der Waals surface area contributed by atoms with Crippen molar-refractivity contribution < 1.29 is 0 Å². The van der Waals surface area contributed by atoms with Gasteiger partial charge in [0.25, 0.3) is 0 Å². The first kappa shape index (κ1) is 12.2. The Morgan fingerprint density at radius 2 is 2.00 bits per heavy atom. The molecule has 0 aliphatic rings. The van der Waals surface area contributed by atoms with Crippen LogP contribution < -0.4 is 0 Å². The van der Waals surface area contributed by atoms with Crippen LogP contribution in [0.4, 0.5) is 0 Å². The second-order valence-electron chi connectivity index (χ2n) is 2.72. The number of nitrogens with zero attached hydrogens (tertiary/aromatic N) is 1. The third-order valence-corrected chi connectivity index (χ3v) is 2.56. The molecule has 0 amide bonds. The maximum atomic E-state index is 4.12. The third-order valence-electron chi connectivity index (χ3n) is 1.59. The molecule has 0 saturated heterocycles. The fourth-order valence-electron chi connectivity index (χ4n) is 1.01. The van der Waals surface area contributed by atoms with Crippen LogP contribution in [0, 0.1) is 13.8 Å². The highest BCUT2D eigenvalue weighted by atomic mass is 32.2. The molecule has 0 aromatic heterocycles. The first-order chi connectivity index (χ1) is 5.74. The lowest BCUT2D eigenvalue weighted by Gasteiger charge is -2.01. The Bertz CT molecular complexity index is 292. The average molecular weight is 195 g/mol. The summed E-state index contributed by atoms with van der Waals surface area (Å²) in [7, 11) is 0. The summed E-state index contributed by atoms with van der Waals surface area (Å²) in [5.74, 6) is 0. The zero-order valence-electron chi connectivity index (χ0n) is 7.66. The van der Waals surface area contributed by atoms with Crippen molar-refractivity contribution in [1.82, 2.24) is 0 Å². The topological polar surface area (TPSA) is 12.4 Å². The van der Waals surface area contributed by atoms with Crippen LogP contribution in [0.5, 0.6) is 0 Å². The van der Waals surface area contributed by atoms with Crippen LogP contribution >= 0.6 is 11.9 Å². The summed E-state index contributed by atoms with van der Waals surface area (Å²) in [5.41, 5.74) is 2.60. The van der Waals surface area contributed by atoms with Gasteiger partial charge in [-0.05, 0) is 32.4 Å². The van der Waals surface area contributed by atoms with Gasteiger partial charge in [0, 0.05) is 23.1 Å². The highest BCUT2D eigenvalue weighted by molar-refractivity contribution is 7.98. The van der Waals surface area contributed by atoms with Gasteiger partial charge >= 0.3 is 0 Å². The minimum atomic E-state index is 0. The molecule has 0 radical (unpaired) electrons. The van der Waals surface area contributed by atoms with Crippen LogP contribution in [0.15, 0.2) is 27.5 Å². The Hall–Kier alpha value is -0.760. The quantitative estimate of drug-likeness (QED) is 0.512. The van der Waals surface area contributed by atoms with E-state index in [1.165, 1.54) is 28.0 Å². The molecule has 0 aliphatic carbocycles. The maximum absolute atomic E-state index is 4.12. The first-order valence-electron chi connectivity index (χ1n) is 3.96. The van der Waals surface area contributed by atoms with E-state index < -0.39 is 0 Å². The molecule has 0 heterocycles. The monoisotopic (exact) mass is 195 g/mol. The van der Waals surface area contributed by atoms with Crippen LogP contribution in [-0.4, -0.2) is 6.21 Å². The average Bonchev–Trinajstić information content (AvgIpc) is 2.03. The van der Waals surface area contributed by atoms with Gasteiger partial charge in [0.1, 0.15) is 0 Å². The Labute approximate surface area is 85.4 Å². The predicted molar refractivity (Wildman–Crippen MR) is 62.7 cm³/mol. The summed E-state index contributed by atoms with van der Waals surface area (Å²) in [6.45, 7) is 6.14. The summed E-state index contributed by atoms with van der Waals surface area (Å²) >= 11 is 1.53. The highest BCUT2D eigenvalue weighted by Crippen LogP contribution is 2.23. The molecule has 0 spiro atoms. The lowest BCUT2D eigenvalue weighted by Crippen LogP contribution is -1.79. The molecule has 1 nitrogen and oxygen atoms in total. The Kier molecular flexibility index (Phi) is 5.47. The third kappa shape index (κ3) is 3.64. The van der Waals surface area contributed by atoms with Gasteiger partial charge in [0.2, 0.25) is 0 Å². The largest absolute Gasteiger partial charge is 0.224 e. The lowest BCUT2D eigenvalue weighted by molar-refractivity contribution is 1.26. The second-order valence-corrected chi connectivity index (χ2v) is 3.56. The molecule has 2 heteroatoms. The van der Waals surface area contributed by atoms with Crippen molar-refractivity contribution in [3.05, 3.63) is 29.3 Å². The molecule has 1 rings (SSSR count). The van der Waals surface area contributed by atoms with Gasteiger partial charge in [0.15, 0.2) is 0 Å². The molecule has 0 saturated carbocycles. The van der Waals surface area contributed by atoms with Crippen molar-refractivity contribution >= 4 is 18.2 Å². The molecule has 0 aliphatic heterocycles. The van der Waals surface area contributed by atoms with Gasteiger partial charge in [-0.25, -0.2) is 4.40 Å². The van der Waals surface area contributed by atoms with Crippen LogP contribution in [0.3, 0.4) is 0 Å². The minimum absolute atomic E-state index is 0. The maximum Gasteiger partial charge on any atom is 0.0334 e. The second kappa shape index (κ2) is 5.81. The summed E-state index contributed by atoms with van der Waals surface area (Å²) < 4.78 is 4.12. The van der Waals surface area contributed by atoms with Crippen molar-refractivity contribution in [3.8, 4) is 0 Å². The van der Waals surface area contributed by atoms with E-state index in [0.717, 1.165) is 0 Å². The fraction of sp³-hybridized carbons (Fsp3) is 0.364. The van der Waals surface area contributed by atoms with Crippen LogP contribution in [-0.2, 0) is 0 Å². The molecule has 72 valence electrons. The van der Waals surface area contributed by atoms with E-state index in [2.05, 4.69) is 36.4 Å². The number of benzene rings is 1. The zero-order valence-corrected chi connectivity index (χ0v) is 8.48. The molecule has 0 fully saturated rings. The molecule has 0 unspecified atom stereocenters. The Balaban J connectivity index is 0.00000144. The smallest absolute Gasteiger partial charge is 0.0334 e. The Morgan fingerprint density at radius 1 is 1.31 bits per heavy atom. The van der Waals surface area contributed by atoms with E-state index in [-0.39, 0.29) is 7.43 Å². The number of hydrogen-bond donors (Lipinski definition) is 0. The summed E-state index contributed by atoms with van der Waals surface area (Å²) in [4.78, 5) is 1.23. The summed E-state index contributed by atoms with van der Waals surface area (Å²) in [6.07, 6.45) is 1.81. The number of rotatable bonds is 2. The molecule has 0 bridgehead atoms. The summed E-state index contributed by atoms with van der Waals surface area (Å²) in [6, 6.07) is 6.40. The molecule has 1 aromatic rings. The number of hydrogen-bond acceptors (Lipinski definition) is 2. The molecule has 1 aromatic carbocycles. The van der Waals surface area contributed by atoms with E-state index in [1.807, 2.05) is 13.1 Å². The molecule has 13 heavy (non-hydrogen) atoms. The Morgan fingerprint density at radius 3 is 2.54 bits per heavy atom. The fourth-order valence-corrected chi connectivity index (χ4v) is 1.56. The first-order valence-corrected chi connectivity index (χ1v) is 4.73. The van der Waals surface area contributed by atoms with Crippen molar-refractivity contribution in [2.24, 2.45) is 4.40 Å². The van der Waals surface area contributed by atoms with E-state index >= 15 is 0 Å². The predicted octanol–water partition coefficient (Wildman–Crippen LogP) is 4.04. The van der Waals surface area contributed by atoms with Gasteiger partial charge in [-0.3, -0.25) is 0 Å². The molecular formula is C11H17NS. The van der Waals surface area contributed by atoms with Crippen molar-refractivity contribution in [2.45, 2.75) is 33.1 Å². The molecule has 0 N–H and O–H groups in total. The van der Waals surface area contributed by atoms with Crippen LogP contribution in [0.25, 0.3) is 0 Å². The van der Waals surface area contributed by atoms with Crippen LogP contribution in [0.2, 0.25) is 0 Å². The van der Waals surface area contributed by atoms with Crippen molar-refractivity contribution in [3.63, 3.8) is 0 Å². The van der Waals surface area contributed by atoms with Gasteiger partial charge < -0.3 is 0 Å². The standard InChI is InChI=1S/C10H13NS.CH4/c1-4-11-12-10-6-5-8(2)7-9(10)3;/h4-7H,1-3H3;1H4. The van der Waals surface area contributed by atoms with Crippen LogP contribution in [0.1, 0.15) is 25.5 Å². The lowest BCUT2D eigenvalue weighted by atomic mass is 10.2. The summed E-state index contributed by atoms with van der Waals surface area (Å²) in [5, 5.41) is 0. The normalized spacial score (nSPS) is 10.1. The zero-order chi connectivity index (χ0) is 8.97.